The molecule has 0 amide bonds. The van der Waals surface area contributed by atoms with Crippen LogP contribution in [-0.4, -0.2) is 28.6 Å². The molecule has 94 valence electrons. The van der Waals surface area contributed by atoms with Crippen LogP contribution in [-0.2, 0) is 0 Å². The van der Waals surface area contributed by atoms with Crippen molar-refractivity contribution >= 4 is 17.4 Å². The minimum atomic E-state index is -0.792. The lowest BCUT2D eigenvalue weighted by Crippen LogP contribution is -2.04. The van der Waals surface area contributed by atoms with Gasteiger partial charge >= 0.3 is 0 Å². The molecule has 0 aliphatic carbocycles. The third kappa shape index (κ3) is 3.90. The maximum absolute atomic E-state index is 10.6. The van der Waals surface area contributed by atoms with E-state index >= 15 is 0 Å². The Hall–Kier alpha value is -1.27. The zero-order chi connectivity index (χ0) is 12.8. The largest absolute Gasteiger partial charge is 0.492 e. The van der Waals surface area contributed by atoms with Crippen molar-refractivity contribution in [1.29, 1.82) is 0 Å². The molecule has 5 nitrogen and oxygen atoms in total. The van der Waals surface area contributed by atoms with Crippen LogP contribution in [0, 0.1) is 10.1 Å². The standard InChI is InChI=1S/C11H15NO4S/c1-8(13)10-7-9(12(14)15)3-4-11(10)16-5-6-17-2/h3-4,7-8,13H,5-6H2,1-2H3. The van der Waals surface area contributed by atoms with Crippen LogP contribution in [0.5, 0.6) is 5.75 Å². The first-order valence-corrected chi connectivity index (χ1v) is 6.53. The molecule has 1 rings (SSSR count). The number of nitro benzene ring substituents is 1. The van der Waals surface area contributed by atoms with Gasteiger partial charge in [0.15, 0.2) is 0 Å². The van der Waals surface area contributed by atoms with E-state index in [0.717, 1.165) is 5.75 Å². The van der Waals surface area contributed by atoms with Crippen LogP contribution >= 0.6 is 11.8 Å². The lowest BCUT2D eigenvalue weighted by Gasteiger charge is -2.12. The first-order chi connectivity index (χ1) is 8.06. The quantitative estimate of drug-likeness (QED) is 0.481. The topological polar surface area (TPSA) is 72.6 Å². The van der Waals surface area contributed by atoms with Crippen molar-refractivity contribution in [1.82, 2.24) is 0 Å². The van der Waals surface area contributed by atoms with Gasteiger partial charge in [0.05, 0.1) is 17.6 Å². The summed E-state index contributed by atoms with van der Waals surface area (Å²) in [5.41, 5.74) is 0.401. The molecule has 0 aliphatic rings. The average Bonchev–Trinajstić information content (AvgIpc) is 2.29. The Labute approximate surface area is 104 Å². The van der Waals surface area contributed by atoms with Gasteiger partial charge in [-0.25, -0.2) is 0 Å². The monoisotopic (exact) mass is 257 g/mol. The number of thioether (sulfide) groups is 1. The van der Waals surface area contributed by atoms with Crippen molar-refractivity contribution in [3.05, 3.63) is 33.9 Å². The van der Waals surface area contributed by atoms with Gasteiger partial charge in [-0.15, -0.1) is 0 Å². The number of ether oxygens (including phenoxy) is 1. The first-order valence-electron chi connectivity index (χ1n) is 5.14. The van der Waals surface area contributed by atoms with Gasteiger partial charge in [-0.3, -0.25) is 10.1 Å². The van der Waals surface area contributed by atoms with Crippen molar-refractivity contribution in [3.8, 4) is 5.75 Å². The molecule has 6 heteroatoms. The highest BCUT2D eigenvalue weighted by molar-refractivity contribution is 7.98. The van der Waals surface area contributed by atoms with Crippen molar-refractivity contribution in [2.45, 2.75) is 13.0 Å². The number of nitrogens with zero attached hydrogens (tertiary/aromatic N) is 1. The normalized spacial score (nSPS) is 12.2. The molecule has 0 aliphatic heterocycles. The van der Waals surface area contributed by atoms with Gasteiger partial charge in [-0.1, -0.05) is 0 Å². The highest BCUT2D eigenvalue weighted by Gasteiger charge is 2.15. The van der Waals surface area contributed by atoms with Crippen molar-refractivity contribution in [2.75, 3.05) is 18.6 Å². The Morgan fingerprint density at radius 3 is 2.82 bits per heavy atom. The molecular formula is C11H15NO4S. The van der Waals surface area contributed by atoms with E-state index in [1.165, 1.54) is 18.2 Å². The van der Waals surface area contributed by atoms with Crippen molar-refractivity contribution < 1.29 is 14.8 Å². The van der Waals surface area contributed by atoms with Crippen LogP contribution in [0.2, 0.25) is 0 Å². The molecule has 1 aromatic rings. The van der Waals surface area contributed by atoms with E-state index < -0.39 is 11.0 Å². The molecular weight excluding hydrogens is 242 g/mol. The van der Waals surface area contributed by atoms with Crippen LogP contribution in [0.25, 0.3) is 0 Å². The predicted molar refractivity (Wildman–Crippen MR) is 67.6 cm³/mol. The minimum Gasteiger partial charge on any atom is -0.492 e. The number of hydrogen-bond acceptors (Lipinski definition) is 5. The van der Waals surface area contributed by atoms with Gasteiger partial charge in [0.25, 0.3) is 5.69 Å². The maximum atomic E-state index is 10.6. The van der Waals surface area contributed by atoms with E-state index in [1.54, 1.807) is 18.7 Å². The van der Waals surface area contributed by atoms with Gasteiger partial charge in [0.1, 0.15) is 5.75 Å². The van der Waals surface area contributed by atoms with E-state index in [0.29, 0.717) is 17.9 Å². The number of benzene rings is 1. The predicted octanol–water partition coefficient (Wildman–Crippen LogP) is 2.39. The fourth-order valence-electron chi connectivity index (χ4n) is 1.34. The van der Waals surface area contributed by atoms with E-state index in [4.69, 9.17) is 4.74 Å². The van der Waals surface area contributed by atoms with Gasteiger partial charge in [-0.2, -0.15) is 11.8 Å². The molecule has 0 fully saturated rings. The number of hydrogen-bond donors (Lipinski definition) is 1. The molecule has 17 heavy (non-hydrogen) atoms. The Morgan fingerprint density at radius 2 is 2.29 bits per heavy atom. The summed E-state index contributed by atoms with van der Waals surface area (Å²) in [7, 11) is 0. The van der Waals surface area contributed by atoms with Gasteiger partial charge < -0.3 is 9.84 Å². The van der Waals surface area contributed by atoms with Gasteiger partial charge in [-0.05, 0) is 19.2 Å². The average molecular weight is 257 g/mol. The molecule has 0 radical (unpaired) electrons. The molecule has 0 aromatic heterocycles. The van der Waals surface area contributed by atoms with Crippen LogP contribution < -0.4 is 4.74 Å². The molecule has 0 saturated heterocycles. The van der Waals surface area contributed by atoms with Crippen LogP contribution in [0.1, 0.15) is 18.6 Å². The highest BCUT2D eigenvalue weighted by atomic mass is 32.2. The smallest absolute Gasteiger partial charge is 0.270 e. The summed E-state index contributed by atoms with van der Waals surface area (Å²) in [6.45, 7) is 2.07. The summed E-state index contributed by atoms with van der Waals surface area (Å²) in [4.78, 5) is 10.1. The number of rotatable bonds is 6. The van der Waals surface area contributed by atoms with E-state index in [2.05, 4.69) is 0 Å². The summed E-state index contributed by atoms with van der Waals surface area (Å²) >= 11 is 1.65. The molecule has 1 N–H and O–H groups in total. The lowest BCUT2D eigenvalue weighted by atomic mass is 10.1. The summed E-state index contributed by atoms with van der Waals surface area (Å²) in [5.74, 6) is 1.33. The second-order valence-electron chi connectivity index (χ2n) is 3.50. The van der Waals surface area contributed by atoms with Crippen LogP contribution in [0.4, 0.5) is 5.69 Å². The first kappa shape index (κ1) is 13.8. The number of non-ortho nitro benzene ring substituents is 1. The van der Waals surface area contributed by atoms with E-state index in [9.17, 15) is 15.2 Å². The Balaban J connectivity index is 2.92. The van der Waals surface area contributed by atoms with Crippen molar-refractivity contribution in [3.63, 3.8) is 0 Å². The second-order valence-corrected chi connectivity index (χ2v) is 4.48. The van der Waals surface area contributed by atoms with Crippen molar-refractivity contribution in [2.24, 2.45) is 0 Å². The number of nitro groups is 1. The second kappa shape index (κ2) is 6.46. The molecule has 0 bridgehead atoms. The molecule has 0 spiro atoms. The molecule has 0 saturated carbocycles. The highest BCUT2D eigenvalue weighted by Crippen LogP contribution is 2.29. The molecule has 1 unspecified atom stereocenters. The fourth-order valence-corrected chi connectivity index (χ4v) is 1.59. The lowest BCUT2D eigenvalue weighted by molar-refractivity contribution is -0.385. The van der Waals surface area contributed by atoms with E-state index in [-0.39, 0.29) is 5.69 Å². The maximum Gasteiger partial charge on any atom is 0.270 e. The summed E-state index contributed by atoms with van der Waals surface area (Å²) in [6.07, 6.45) is 1.17. The molecule has 1 atom stereocenters. The summed E-state index contributed by atoms with van der Waals surface area (Å²) in [6, 6.07) is 4.25. The van der Waals surface area contributed by atoms with E-state index in [1.807, 2.05) is 6.26 Å². The third-order valence-electron chi connectivity index (χ3n) is 2.20. The molecule has 1 aromatic carbocycles. The number of aliphatic hydroxyl groups is 1. The van der Waals surface area contributed by atoms with Gasteiger partial charge in [0, 0.05) is 23.4 Å². The Morgan fingerprint density at radius 1 is 1.59 bits per heavy atom. The zero-order valence-corrected chi connectivity index (χ0v) is 10.6. The van der Waals surface area contributed by atoms with Crippen LogP contribution in [0.3, 0.4) is 0 Å². The summed E-state index contributed by atoms with van der Waals surface area (Å²) < 4.78 is 5.47. The fraction of sp³-hybridized carbons (Fsp3) is 0.455. The SMILES string of the molecule is CSCCOc1ccc([N+](=O)[O-])cc1C(C)O. The third-order valence-corrected chi connectivity index (χ3v) is 2.77. The number of aliphatic hydroxyl groups excluding tert-OH is 1. The minimum absolute atomic E-state index is 0.0434. The van der Waals surface area contributed by atoms with Gasteiger partial charge in [0.2, 0.25) is 0 Å². The zero-order valence-electron chi connectivity index (χ0n) is 9.75. The Bertz CT molecular complexity index is 395. The van der Waals surface area contributed by atoms with Crippen LogP contribution in [0.15, 0.2) is 18.2 Å². The Kier molecular flexibility index (Phi) is 5.24. The molecule has 0 heterocycles. The summed E-state index contributed by atoms with van der Waals surface area (Å²) in [5, 5.41) is 20.2.